The molecule has 2 N–H and O–H groups in total. The molecule has 0 radical (unpaired) electrons. The van der Waals surface area contributed by atoms with Crippen LogP contribution in [0.5, 0.6) is 0 Å². The Morgan fingerprint density at radius 1 is 1.28 bits per heavy atom. The Bertz CT molecular complexity index is 729. The van der Waals surface area contributed by atoms with E-state index in [1.54, 1.807) is 10.9 Å². The summed E-state index contributed by atoms with van der Waals surface area (Å²) in [5.74, 6) is 1.09. The number of rotatable bonds is 1. The number of benzene rings is 1. The van der Waals surface area contributed by atoms with Gasteiger partial charge in [0.2, 0.25) is 0 Å². The quantitative estimate of drug-likeness (QED) is 0.654. The van der Waals surface area contributed by atoms with Crippen molar-refractivity contribution in [3.8, 4) is 5.82 Å². The first-order valence-electron chi connectivity index (χ1n) is 5.43. The van der Waals surface area contributed by atoms with Gasteiger partial charge in [0.1, 0.15) is 5.82 Å². The number of aromatic nitrogens is 4. The van der Waals surface area contributed by atoms with Gasteiger partial charge < -0.3 is 5.73 Å². The lowest BCUT2D eigenvalue weighted by Crippen LogP contribution is -2.06. The van der Waals surface area contributed by atoms with E-state index in [1.807, 2.05) is 31.2 Å². The molecule has 0 aliphatic rings. The highest BCUT2D eigenvalue weighted by atomic mass is 32.1. The van der Waals surface area contributed by atoms with Gasteiger partial charge in [0.05, 0.1) is 16.8 Å². The van der Waals surface area contributed by atoms with Gasteiger partial charge in [-0.05, 0) is 6.92 Å². The van der Waals surface area contributed by atoms with E-state index in [1.165, 1.54) is 0 Å². The molecule has 18 heavy (non-hydrogen) atoms. The maximum absolute atomic E-state index is 5.98. The van der Waals surface area contributed by atoms with Gasteiger partial charge in [-0.1, -0.05) is 24.3 Å². The summed E-state index contributed by atoms with van der Waals surface area (Å²) in [6, 6.07) is 7.84. The fourth-order valence-electron chi connectivity index (χ4n) is 1.87. The Morgan fingerprint density at radius 2 is 2.06 bits per heavy atom. The summed E-state index contributed by atoms with van der Waals surface area (Å²) in [4.78, 5) is 0.671. The normalized spacial score (nSPS) is 11.0. The van der Waals surface area contributed by atoms with E-state index in [2.05, 4.69) is 27.9 Å². The third-order valence-corrected chi connectivity index (χ3v) is 3.37. The number of thiol groups is 1. The van der Waals surface area contributed by atoms with Gasteiger partial charge in [0.15, 0.2) is 5.82 Å². The van der Waals surface area contributed by atoms with Crippen LogP contribution in [-0.4, -0.2) is 20.0 Å². The van der Waals surface area contributed by atoms with Gasteiger partial charge in [0.25, 0.3) is 0 Å². The summed E-state index contributed by atoms with van der Waals surface area (Å²) in [6.07, 6.45) is 1.72. The molecule has 3 aromatic rings. The van der Waals surface area contributed by atoms with Crippen LogP contribution in [0.15, 0.2) is 35.4 Å². The molecule has 0 saturated heterocycles. The number of hydrogen-bond acceptors (Lipinski definition) is 5. The predicted octanol–water partition coefficient (Wildman–Crippen LogP) is 1.99. The molecule has 0 saturated carbocycles. The molecule has 2 heterocycles. The third kappa shape index (κ3) is 1.53. The SMILES string of the molecule is Cc1nn(-c2nncc3ccccc23)c(N)c1S. The number of nitrogens with zero attached hydrogens (tertiary/aromatic N) is 4. The maximum atomic E-state index is 5.98. The molecule has 1 aromatic carbocycles. The van der Waals surface area contributed by atoms with Crippen LogP contribution in [0.2, 0.25) is 0 Å². The van der Waals surface area contributed by atoms with Crippen molar-refractivity contribution >= 4 is 29.2 Å². The molecule has 5 nitrogen and oxygen atoms in total. The van der Waals surface area contributed by atoms with Crippen molar-refractivity contribution in [2.45, 2.75) is 11.8 Å². The van der Waals surface area contributed by atoms with Gasteiger partial charge in [-0.25, -0.2) is 0 Å². The highest BCUT2D eigenvalue weighted by Gasteiger charge is 2.14. The van der Waals surface area contributed by atoms with Gasteiger partial charge >= 0.3 is 0 Å². The van der Waals surface area contributed by atoms with E-state index >= 15 is 0 Å². The number of aryl methyl sites for hydroxylation is 1. The zero-order valence-corrected chi connectivity index (χ0v) is 10.6. The van der Waals surface area contributed by atoms with Crippen molar-refractivity contribution in [2.75, 3.05) is 5.73 Å². The van der Waals surface area contributed by atoms with Crippen molar-refractivity contribution in [3.05, 3.63) is 36.2 Å². The second-order valence-electron chi connectivity index (χ2n) is 3.99. The molecule has 0 atom stereocenters. The minimum Gasteiger partial charge on any atom is -0.383 e. The van der Waals surface area contributed by atoms with E-state index in [-0.39, 0.29) is 0 Å². The average molecular weight is 257 g/mol. The molecule has 0 amide bonds. The summed E-state index contributed by atoms with van der Waals surface area (Å²) in [5.41, 5.74) is 6.75. The maximum Gasteiger partial charge on any atom is 0.185 e. The Morgan fingerprint density at radius 3 is 2.78 bits per heavy atom. The summed E-state index contributed by atoms with van der Waals surface area (Å²) in [5, 5.41) is 14.4. The first-order chi connectivity index (χ1) is 8.68. The molecule has 90 valence electrons. The molecule has 0 bridgehead atoms. The molecule has 0 unspecified atom stereocenters. The van der Waals surface area contributed by atoms with Crippen LogP contribution < -0.4 is 5.73 Å². The monoisotopic (exact) mass is 257 g/mol. The lowest BCUT2D eigenvalue weighted by atomic mass is 10.2. The average Bonchev–Trinajstić information content (AvgIpc) is 2.66. The van der Waals surface area contributed by atoms with Gasteiger partial charge in [-0.2, -0.15) is 14.9 Å². The zero-order valence-electron chi connectivity index (χ0n) is 9.70. The standard InChI is InChI=1S/C12H11N5S/c1-7-10(18)11(13)17(16-7)12-9-5-3-2-4-8(9)6-14-15-12/h2-6,18H,13H2,1H3. The third-order valence-electron chi connectivity index (χ3n) is 2.82. The Kier molecular flexibility index (Phi) is 2.45. The van der Waals surface area contributed by atoms with Crippen molar-refractivity contribution in [1.29, 1.82) is 0 Å². The first-order valence-corrected chi connectivity index (χ1v) is 5.88. The lowest BCUT2D eigenvalue weighted by molar-refractivity contribution is 0.822. The molecular weight excluding hydrogens is 246 g/mol. The minimum atomic E-state index is 0.474. The van der Waals surface area contributed by atoms with E-state index < -0.39 is 0 Å². The number of fused-ring (bicyclic) bond motifs is 1. The Balaban J connectivity index is 2.35. The largest absolute Gasteiger partial charge is 0.383 e. The molecule has 3 rings (SSSR count). The van der Waals surface area contributed by atoms with E-state index in [0.717, 1.165) is 16.5 Å². The second-order valence-corrected chi connectivity index (χ2v) is 4.43. The van der Waals surface area contributed by atoms with E-state index in [4.69, 9.17) is 5.73 Å². The van der Waals surface area contributed by atoms with Crippen molar-refractivity contribution in [3.63, 3.8) is 0 Å². The summed E-state index contributed by atoms with van der Waals surface area (Å²) >= 11 is 4.32. The van der Waals surface area contributed by atoms with Crippen LogP contribution >= 0.6 is 12.6 Å². The molecule has 2 aromatic heterocycles. The molecule has 0 spiro atoms. The van der Waals surface area contributed by atoms with Crippen molar-refractivity contribution in [1.82, 2.24) is 20.0 Å². The van der Waals surface area contributed by atoms with Gasteiger partial charge in [-0.3, -0.25) is 0 Å². The van der Waals surface area contributed by atoms with Crippen LogP contribution in [0.4, 0.5) is 5.82 Å². The Hall–Kier alpha value is -2.08. The summed E-state index contributed by atoms with van der Waals surface area (Å²) < 4.78 is 1.58. The van der Waals surface area contributed by atoms with Crippen LogP contribution in [-0.2, 0) is 0 Å². The zero-order chi connectivity index (χ0) is 12.7. The smallest absolute Gasteiger partial charge is 0.185 e. The van der Waals surface area contributed by atoms with Crippen molar-refractivity contribution in [2.24, 2.45) is 0 Å². The molecule has 0 aliphatic carbocycles. The number of nitrogen functional groups attached to an aromatic ring is 1. The number of anilines is 1. The van der Waals surface area contributed by atoms with Crippen LogP contribution in [0.1, 0.15) is 5.69 Å². The van der Waals surface area contributed by atoms with Crippen molar-refractivity contribution < 1.29 is 0 Å². The fraction of sp³-hybridized carbons (Fsp3) is 0.0833. The topological polar surface area (TPSA) is 69.6 Å². The molecular formula is C12H11N5S. The molecule has 0 aliphatic heterocycles. The van der Waals surface area contributed by atoms with Gasteiger partial charge in [-0.15, -0.1) is 17.7 Å². The molecule has 0 fully saturated rings. The summed E-state index contributed by atoms with van der Waals surface area (Å²) in [6.45, 7) is 1.85. The number of nitrogens with two attached hydrogens (primary N) is 1. The minimum absolute atomic E-state index is 0.474. The molecule has 6 heteroatoms. The summed E-state index contributed by atoms with van der Waals surface area (Å²) in [7, 11) is 0. The van der Waals surface area contributed by atoms with Gasteiger partial charge in [0, 0.05) is 10.8 Å². The second kappa shape index (κ2) is 3.99. The lowest BCUT2D eigenvalue weighted by Gasteiger charge is -2.05. The van der Waals surface area contributed by atoms with Crippen LogP contribution in [0.3, 0.4) is 0 Å². The fourth-order valence-corrected chi connectivity index (χ4v) is 2.01. The number of hydrogen-bond donors (Lipinski definition) is 2. The van der Waals surface area contributed by atoms with Crippen LogP contribution in [0, 0.1) is 6.92 Å². The first kappa shape index (κ1) is 11.0. The highest BCUT2D eigenvalue weighted by molar-refractivity contribution is 7.80. The van der Waals surface area contributed by atoms with E-state index in [9.17, 15) is 0 Å². The highest BCUT2D eigenvalue weighted by Crippen LogP contribution is 2.26. The van der Waals surface area contributed by atoms with E-state index in [0.29, 0.717) is 16.5 Å². The van der Waals surface area contributed by atoms with Crippen LogP contribution in [0.25, 0.3) is 16.6 Å². The Labute approximate surface area is 109 Å². The predicted molar refractivity (Wildman–Crippen MR) is 73.1 cm³/mol.